The minimum absolute atomic E-state index is 0.00528. The number of piperidine rings is 1. The summed E-state index contributed by atoms with van der Waals surface area (Å²) >= 11 is 0. The predicted octanol–water partition coefficient (Wildman–Crippen LogP) is 1.29. The number of hydrogen-bond acceptors (Lipinski definition) is 3. The van der Waals surface area contributed by atoms with E-state index < -0.39 is 12.1 Å². The average molecular weight is 335 g/mol. The maximum Gasteiger partial charge on any atom is 0.471 e. The molecule has 8 heteroatoms. The molecule has 1 atom stereocenters. The van der Waals surface area contributed by atoms with Crippen molar-refractivity contribution in [1.82, 2.24) is 15.5 Å². The Hall–Kier alpha value is -1.31. The summed E-state index contributed by atoms with van der Waals surface area (Å²) < 4.78 is 37.0. The number of amides is 2. The van der Waals surface area contributed by atoms with E-state index in [0.717, 1.165) is 30.8 Å². The van der Waals surface area contributed by atoms with Gasteiger partial charge in [0.15, 0.2) is 0 Å². The van der Waals surface area contributed by atoms with Gasteiger partial charge in [0, 0.05) is 26.1 Å². The first-order valence-corrected chi connectivity index (χ1v) is 8.19. The summed E-state index contributed by atoms with van der Waals surface area (Å²) in [6.45, 7) is 2.68. The summed E-state index contributed by atoms with van der Waals surface area (Å²) in [5.41, 5.74) is 0. The Balaban J connectivity index is 1.60. The quantitative estimate of drug-likeness (QED) is 0.796. The van der Waals surface area contributed by atoms with Crippen LogP contribution < -0.4 is 10.6 Å². The van der Waals surface area contributed by atoms with Crippen LogP contribution in [0.3, 0.4) is 0 Å². The first-order valence-electron chi connectivity index (χ1n) is 8.19. The van der Waals surface area contributed by atoms with Gasteiger partial charge in [-0.3, -0.25) is 9.59 Å². The molecule has 0 aromatic carbocycles. The van der Waals surface area contributed by atoms with Gasteiger partial charge in [-0.25, -0.2) is 0 Å². The molecule has 0 radical (unpaired) electrons. The van der Waals surface area contributed by atoms with Crippen molar-refractivity contribution in [3.63, 3.8) is 0 Å². The lowest BCUT2D eigenvalue weighted by molar-refractivity contribution is -0.186. The van der Waals surface area contributed by atoms with Gasteiger partial charge in [-0.05, 0) is 50.6 Å². The number of carbonyl (C=O) groups excluding carboxylic acids is 2. The zero-order valence-electron chi connectivity index (χ0n) is 13.1. The van der Waals surface area contributed by atoms with Crippen molar-refractivity contribution in [3.8, 4) is 0 Å². The lowest BCUT2D eigenvalue weighted by Crippen LogP contribution is -2.46. The molecule has 0 spiro atoms. The third-order valence-corrected chi connectivity index (χ3v) is 4.67. The van der Waals surface area contributed by atoms with Gasteiger partial charge in [0.25, 0.3) is 0 Å². The lowest BCUT2D eigenvalue weighted by Gasteiger charge is -2.32. The normalized spacial score (nSPS) is 23.1. The second kappa shape index (κ2) is 7.99. The summed E-state index contributed by atoms with van der Waals surface area (Å²) in [5.74, 6) is -1.04. The van der Waals surface area contributed by atoms with Crippen molar-refractivity contribution in [3.05, 3.63) is 0 Å². The van der Waals surface area contributed by atoms with Crippen LogP contribution in [0.5, 0.6) is 0 Å². The van der Waals surface area contributed by atoms with Crippen molar-refractivity contribution in [1.29, 1.82) is 0 Å². The lowest BCUT2D eigenvalue weighted by atomic mass is 9.96. The molecule has 2 fully saturated rings. The number of alkyl halides is 3. The van der Waals surface area contributed by atoms with Crippen molar-refractivity contribution in [2.45, 2.75) is 38.3 Å². The van der Waals surface area contributed by atoms with Crippen LogP contribution in [0.4, 0.5) is 13.2 Å². The van der Waals surface area contributed by atoms with E-state index in [1.807, 2.05) is 0 Å². The highest BCUT2D eigenvalue weighted by atomic mass is 19.4. The van der Waals surface area contributed by atoms with E-state index in [1.165, 1.54) is 0 Å². The molecular formula is C15H24F3N3O2. The van der Waals surface area contributed by atoms with Crippen LogP contribution in [0.25, 0.3) is 0 Å². The molecule has 2 saturated heterocycles. The molecule has 0 aromatic heterocycles. The zero-order valence-corrected chi connectivity index (χ0v) is 13.1. The highest BCUT2D eigenvalue weighted by molar-refractivity contribution is 5.81. The van der Waals surface area contributed by atoms with Crippen LogP contribution >= 0.6 is 0 Å². The highest BCUT2D eigenvalue weighted by Gasteiger charge is 2.43. The van der Waals surface area contributed by atoms with Crippen molar-refractivity contribution in [2.24, 2.45) is 11.8 Å². The van der Waals surface area contributed by atoms with E-state index >= 15 is 0 Å². The van der Waals surface area contributed by atoms with Crippen LogP contribution in [0, 0.1) is 11.8 Å². The van der Waals surface area contributed by atoms with E-state index in [9.17, 15) is 22.8 Å². The molecule has 0 saturated carbocycles. The fourth-order valence-corrected chi connectivity index (χ4v) is 3.16. The second-order valence-corrected chi connectivity index (χ2v) is 6.43. The van der Waals surface area contributed by atoms with Gasteiger partial charge in [0.1, 0.15) is 0 Å². The third kappa shape index (κ3) is 5.67. The van der Waals surface area contributed by atoms with Gasteiger partial charge in [-0.2, -0.15) is 13.2 Å². The Kier molecular flexibility index (Phi) is 6.26. The first-order chi connectivity index (χ1) is 10.9. The number of likely N-dealkylation sites (tertiary alicyclic amines) is 1. The minimum atomic E-state index is -4.80. The maximum atomic E-state index is 12.3. The highest BCUT2D eigenvalue weighted by Crippen LogP contribution is 2.23. The molecule has 0 aromatic rings. The molecule has 0 bridgehead atoms. The molecule has 2 amide bonds. The van der Waals surface area contributed by atoms with Crippen LogP contribution in [0.15, 0.2) is 0 Å². The summed E-state index contributed by atoms with van der Waals surface area (Å²) in [4.78, 5) is 23.8. The van der Waals surface area contributed by atoms with Crippen LogP contribution in [0.1, 0.15) is 32.1 Å². The smallest absolute Gasteiger partial charge is 0.356 e. The fourth-order valence-electron chi connectivity index (χ4n) is 3.16. The molecule has 132 valence electrons. The summed E-state index contributed by atoms with van der Waals surface area (Å²) in [6.07, 6.45) is -1.33. The van der Waals surface area contributed by atoms with Crippen molar-refractivity contribution < 1.29 is 22.8 Å². The largest absolute Gasteiger partial charge is 0.471 e. The van der Waals surface area contributed by atoms with E-state index in [0.29, 0.717) is 31.7 Å². The maximum absolute atomic E-state index is 12.3. The molecule has 2 rings (SSSR count). The Morgan fingerprint density at radius 2 is 1.83 bits per heavy atom. The third-order valence-electron chi connectivity index (χ3n) is 4.67. The molecule has 0 aliphatic carbocycles. The molecule has 2 aliphatic rings. The topological polar surface area (TPSA) is 61.4 Å². The zero-order chi connectivity index (χ0) is 16.9. The Labute approximate surface area is 134 Å². The van der Waals surface area contributed by atoms with Gasteiger partial charge in [0.2, 0.25) is 5.91 Å². The minimum Gasteiger partial charge on any atom is -0.356 e. The van der Waals surface area contributed by atoms with Gasteiger partial charge in [-0.1, -0.05) is 0 Å². The van der Waals surface area contributed by atoms with Crippen LogP contribution in [-0.2, 0) is 9.59 Å². The van der Waals surface area contributed by atoms with E-state index in [2.05, 4.69) is 10.6 Å². The Morgan fingerprint density at radius 3 is 2.39 bits per heavy atom. The average Bonchev–Trinajstić information content (AvgIpc) is 3.03. The molecule has 2 N–H and O–H groups in total. The van der Waals surface area contributed by atoms with E-state index in [4.69, 9.17) is 0 Å². The number of hydrogen-bond donors (Lipinski definition) is 2. The van der Waals surface area contributed by atoms with E-state index in [1.54, 1.807) is 0 Å². The van der Waals surface area contributed by atoms with Gasteiger partial charge in [0.05, 0.1) is 0 Å². The summed E-state index contributed by atoms with van der Waals surface area (Å²) in [5, 5.41) is 6.13. The second-order valence-electron chi connectivity index (χ2n) is 6.43. The van der Waals surface area contributed by atoms with Crippen LogP contribution in [-0.4, -0.2) is 55.6 Å². The molecule has 5 nitrogen and oxygen atoms in total. The van der Waals surface area contributed by atoms with Gasteiger partial charge >= 0.3 is 12.1 Å². The summed E-state index contributed by atoms with van der Waals surface area (Å²) in [7, 11) is 0. The fraction of sp³-hybridized carbons (Fsp3) is 0.867. The van der Waals surface area contributed by atoms with Crippen molar-refractivity contribution in [2.75, 3.05) is 32.7 Å². The number of carbonyl (C=O) groups is 2. The number of nitrogens with one attached hydrogen (secondary N) is 2. The first kappa shape index (κ1) is 18.0. The monoisotopic (exact) mass is 335 g/mol. The Bertz CT molecular complexity index is 415. The standard InChI is InChI=1S/C15H24F3N3O2/c16-15(17,18)14(23)21-7-4-12(5-8-21)10-20-13(22)2-1-11-3-6-19-9-11/h11-12,19H,1-10H2,(H,20,22). The predicted molar refractivity (Wildman–Crippen MR) is 78.6 cm³/mol. The number of halogens is 3. The van der Waals surface area contributed by atoms with Gasteiger partial charge < -0.3 is 15.5 Å². The van der Waals surface area contributed by atoms with Gasteiger partial charge in [-0.15, -0.1) is 0 Å². The molecule has 2 aliphatic heterocycles. The molecule has 23 heavy (non-hydrogen) atoms. The molecule has 2 heterocycles. The SMILES string of the molecule is O=C(CCC1CCNC1)NCC1CCN(C(=O)C(F)(F)F)CC1. The Morgan fingerprint density at radius 1 is 1.13 bits per heavy atom. The van der Waals surface area contributed by atoms with Crippen LogP contribution in [0.2, 0.25) is 0 Å². The summed E-state index contributed by atoms with van der Waals surface area (Å²) in [6, 6.07) is 0. The molecule has 1 unspecified atom stereocenters. The van der Waals surface area contributed by atoms with Crippen molar-refractivity contribution >= 4 is 11.8 Å². The molecular weight excluding hydrogens is 311 g/mol. The number of nitrogens with zero attached hydrogens (tertiary/aromatic N) is 1. The van der Waals surface area contributed by atoms with E-state index in [-0.39, 0.29) is 24.9 Å². The number of rotatable bonds is 5.